The number of Topliss-reactive ketones (excluding diaryl/α,β-unsaturated/α-hetero) is 1. The number of ketones is 1. The molecule has 1 atom stereocenters. The molecule has 0 saturated carbocycles. The molecule has 0 aliphatic carbocycles. The first kappa shape index (κ1) is 17.1. The molecule has 0 spiro atoms. The molecule has 5 heteroatoms. The van der Waals surface area contributed by atoms with Gasteiger partial charge in [-0.05, 0) is 24.6 Å². The first-order valence-corrected chi connectivity index (χ1v) is 12.3. The predicted octanol–water partition coefficient (Wildman–Crippen LogP) is 3.54. The van der Waals surface area contributed by atoms with Gasteiger partial charge in [-0.2, -0.15) is 0 Å². The molecule has 0 unspecified atom stereocenters. The van der Waals surface area contributed by atoms with E-state index < -0.39 is 23.2 Å². The van der Waals surface area contributed by atoms with E-state index in [4.69, 9.17) is 0 Å². The SMILES string of the molecule is CCCC(=O)[C@H](C[Si](C)(C)C)S(=O)(=O)c1ccccc1. The Morgan fingerprint density at radius 1 is 1.15 bits per heavy atom. The maximum Gasteiger partial charge on any atom is 0.188 e. The van der Waals surface area contributed by atoms with E-state index in [1.165, 1.54) is 0 Å². The van der Waals surface area contributed by atoms with Crippen LogP contribution in [0.3, 0.4) is 0 Å². The topological polar surface area (TPSA) is 51.2 Å². The summed E-state index contributed by atoms with van der Waals surface area (Å²) in [4.78, 5) is 12.5. The van der Waals surface area contributed by atoms with Gasteiger partial charge in [0, 0.05) is 14.5 Å². The monoisotopic (exact) mass is 312 g/mol. The fourth-order valence-corrected chi connectivity index (χ4v) is 7.18. The van der Waals surface area contributed by atoms with Crippen molar-refractivity contribution in [3.05, 3.63) is 30.3 Å². The van der Waals surface area contributed by atoms with Crippen LogP contribution in [0.1, 0.15) is 19.8 Å². The van der Waals surface area contributed by atoms with E-state index in [2.05, 4.69) is 19.6 Å². The van der Waals surface area contributed by atoms with E-state index >= 15 is 0 Å². The van der Waals surface area contributed by atoms with Gasteiger partial charge in [-0.1, -0.05) is 44.8 Å². The standard InChI is InChI=1S/C15H24O3SSi/c1-5-9-14(16)15(12-20(2,3)4)19(17,18)13-10-7-6-8-11-13/h6-8,10-11,15H,5,9,12H2,1-4H3/t15-/m0/s1. The second kappa shape index (κ2) is 6.67. The molecule has 0 aromatic heterocycles. The van der Waals surface area contributed by atoms with Gasteiger partial charge in [0.2, 0.25) is 0 Å². The average Bonchev–Trinajstić information content (AvgIpc) is 2.36. The maximum atomic E-state index is 12.7. The molecule has 112 valence electrons. The van der Waals surface area contributed by atoms with Gasteiger partial charge in [0.15, 0.2) is 15.6 Å². The van der Waals surface area contributed by atoms with Gasteiger partial charge in [-0.25, -0.2) is 8.42 Å². The lowest BCUT2D eigenvalue weighted by atomic mass is 10.2. The second-order valence-electron chi connectivity index (χ2n) is 6.33. The van der Waals surface area contributed by atoms with Crippen molar-refractivity contribution in [1.29, 1.82) is 0 Å². The summed E-state index contributed by atoms with van der Waals surface area (Å²) in [5, 5.41) is -0.878. The van der Waals surface area contributed by atoms with Crippen molar-refractivity contribution in [2.24, 2.45) is 0 Å². The summed E-state index contributed by atoms with van der Waals surface area (Å²) in [6.07, 6.45) is 1.02. The molecule has 0 aliphatic heterocycles. The van der Waals surface area contributed by atoms with Gasteiger partial charge in [-0.3, -0.25) is 4.79 Å². The molecule has 0 saturated heterocycles. The van der Waals surface area contributed by atoms with Crippen molar-refractivity contribution in [3.63, 3.8) is 0 Å². The van der Waals surface area contributed by atoms with E-state index in [1.54, 1.807) is 30.3 Å². The van der Waals surface area contributed by atoms with Crippen molar-refractivity contribution in [3.8, 4) is 0 Å². The largest absolute Gasteiger partial charge is 0.298 e. The highest BCUT2D eigenvalue weighted by Gasteiger charge is 2.36. The van der Waals surface area contributed by atoms with Crippen LogP contribution >= 0.6 is 0 Å². The molecular formula is C15H24O3SSi. The Hall–Kier alpha value is -0.943. The van der Waals surface area contributed by atoms with Crippen LogP contribution in [0.5, 0.6) is 0 Å². The summed E-state index contributed by atoms with van der Waals surface area (Å²) in [7, 11) is -5.23. The van der Waals surface area contributed by atoms with Crippen molar-refractivity contribution in [2.75, 3.05) is 0 Å². The van der Waals surface area contributed by atoms with Crippen LogP contribution in [0.4, 0.5) is 0 Å². The van der Waals surface area contributed by atoms with Crippen LogP contribution in [-0.4, -0.2) is 27.5 Å². The minimum Gasteiger partial charge on any atom is -0.298 e. The average molecular weight is 313 g/mol. The number of rotatable bonds is 7. The first-order chi connectivity index (χ1) is 9.18. The Morgan fingerprint density at radius 2 is 1.70 bits per heavy atom. The number of carbonyl (C=O) groups is 1. The summed E-state index contributed by atoms with van der Waals surface area (Å²) in [5.74, 6) is -0.140. The summed E-state index contributed by atoms with van der Waals surface area (Å²) in [6, 6.07) is 8.81. The second-order valence-corrected chi connectivity index (χ2v) is 14.0. The van der Waals surface area contributed by atoms with E-state index in [0.29, 0.717) is 18.9 Å². The van der Waals surface area contributed by atoms with Crippen LogP contribution < -0.4 is 0 Å². The number of hydrogen-bond donors (Lipinski definition) is 0. The summed E-state index contributed by atoms with van der Waals surface area (Å²) >= 11 is 0. The molecule has 1 aromatic rings. The molecular weight excluding hydrogens is 288 g/mol. The molecule has 1 aromatic carbocycles. The van der Waals surface area contributed by atoms with Crippen LogP contribution in [0.25, 0.3) is 0 Å². The Labute approximate surface area is 123 Å². The summed E-state index contributed by atoms with van der Waals surface area (Å²) < 4.78 is 25.5. The van der Waals surface area contributed by atoms with E-state index in [1.807, 2.05) is 6.92 Å². The van der Waals surface area contributed by atoms with Crippen molar-refractivity contribution < 1.29 is 13.2 Å². The predicted molar refractivity (Wildman–Crippen MR) is 85.5 cm³/mol. The molecule has 0 aliphatic rings. The lowest BCUT2D eigenvalue weighted by Crippen LogP contribution is -2.37. The third-order valence-corrected chi connectivity index (χ3v) is 7.14. The lowest BCUT2D eigenvalue weighted by molar-refractivity contribution is -0.118. The van der Waals surface area contributed by atoms with Gasteiger partial charge in [0.25, 0.3) is 0 Å². The van der Waals surface area contributed by atoms with E-state index in [-0.39, 0.29) is 10.7 Å². The number of hydrogen-bond acceptors (Lipinski definition) is 3. The van der Waals surface area contributed by atoms with Gasteiger partial charge in [0.1, 0.15) is 5.25 Å². The number of carbonyl (C=O) groups excluding carboxylic acids is 1. The zero-order chi connectivity index (χ0) is 15.4. The maximum absolute atomic E-state index is 12.7. The smallest absolute Gasteiger partial charge is 0.188 e. The normalized spacial score (nSPS) is 14.0. The molecule has 20 heavy (non-hydrogen) atoms. The van der Waals surface area contributed by atoms with Gasteiger partial charge in [-0.15, -0.1) is 0 Å². The van der Waals surface area contributed by atoms with Crippen molar-refractivity contribution in [2.45, 2.75) is 55.6 Å². The summed E-state index contributed by atoms with van der Waals surface area (Å²) in [5.41, 5.74) is 0. The van der Waals surface area contributed by atoms with Crippen LogP contribution in [-0.2, 0) is 14.6 Å². The Kier molecular flexibility index (Phi) is 5.71. The van der Waals surface area contributed by atoms with Gasteiger partial charge < -0.3 is 0 Å². The molecule has 3 nitrogen and oxygen atoms in total. The highest BCUT2D eigenvalue weighted by Crippen LogP contribution is 2.25. The third kappa shape index (κ3) is 4.56. The fraction of sp³-hybridized carbons (Fsp3) is 0.533. The molecule has 0 radical (unpaired) electrons. The van der Waals surface area contributed by atoms with Gasteiger partial charge >= 0.3 is 0 Å². The molecule has 0 heterocycles. The lowest BCUT2D eigenvalue weighted by Gasteiger charge is -2.23. The van der Waals surface area contributed by atoms with Crippen LogP contribution in [0.15, 0.2) is 35.2 Å². The first-order valence-electron chi connectivity index (χ1n) is 7.00. The van der Waals surface area contributed by atoms with Crippen molar-refractivity contribution >= 4 is 23.7 Å². The Balaban J connectivity index is 3.19. The molecule has 0 N–H and O–H groups in total. The number of benzene rings is 1. The zero-order valence-electron chi connectivity index (χ0n) is 12.7. The minimum atomic E-state index is -3.57. The quantitative estimate of drug-likeness (QED) is 0.724. The summed E-state index contributed by atoms with van der Waals surface area (Å²) in [6.45, 7) is 8.19. The van der Waals surface area contributed by atoms with Gasteiger partial charge in [0.05, 0.1) is 4.90 Å². The Bertz CT molecular complexity index is 544. The third-order valence-electron chi connectivity index (χ3n) is 3.10. The van der Waals surface area contributed by atoms with E-state index in [9.17, 15) is 13.2 Å². The molecule has 1 rings (SSSR count). The molecule has 0 amide bonds. The minimum absolute atomic E-state index is 0.140. The zero-order valence-corrected chi connectivity index (χ0v) is 14.5. The molecule has 0 bridgehead atoms. The Morgan fingerprint density at radius 3 is 2.15 bits per heavy atom. The fourth-order valence-electron chi connectivity index (χ4n) is 2.13. The number of sulfone groups is 1. The van der Waals surface area contributed by atoms with E-state index in [0.717, 1.165) is 0 Å². The van der Waals surface area contributed by atoms with Crippen molar-refractivity contribution in [1.82, 2.24) is 0 Å². The highest BCUT2D eigenvalue weighted by molar-refractivity contribution is 7.93. The highest BCUT2D eigenvalue weighted by atomic mass is 32.2. The van der Waals surface area contributed by atoms with Crippen LogP contribution in [0.2, 0.25) is 25.7 Å². The van der Waals surface area contributed by atoms with Crippen LogP contribution in [0, 0.1) is 0 Å². The molecule has 0 fully saturated rings.